The zero-order valence-corrected chi connectivity index (χ0v) is 12.8. The first-order valence-electron chi connectivity index (χ1n) is 6.77. The molecule has 20 heavy (non-hydrogen) atoms. The van der Waals surface area contributed by atoms with Crippen molar-refractivity contribution in [3.8, 4) is 0 Å². The fraction of sp³-hybridized carbons (Fsp3) is 0.917. The van der Waals surface area contributed by atoms with Crippen LogP contribution in [0.3, 0.4) is 0 Å². The normalized spacial score (nSPS) is 21.7. The number of aliphatic hydroxyl groups is 2. The number of rotatable bonds is 6. The van der Waals surface area contributed by atoms with Crippen molar-refractivity contribution in [3.05, 3.63) is 0 Å². The van der Waals surface area contributed by atoms with E-state index in [0.29, 0.717) is 25.8 Å². The molecule has 1 fully saturated rings. The number of sulfonamides is 1. The van der Waals surface area contributed by atoms with Crippen molar-refractivity contribution in [2.24, 2.45) is 5.92 Å². The molecule has 0 aliphatic carbocycles. The van der Waals surface area contributed by atoms with Gasteiger partial charge in [-0.25, -0.2) is 12.7 Å². The van der Waals surface area contributed by atoms with Crippen LogP contribution in [0.5, 0.6) is 0 Å². The van der Waals surface area contributed by atoms with Gasteiger partial charge >= 0.3 is 0 Å². The number of carbonyl (C=O) groups excluding carboxylic acids is 1. The van der Waals surface area contributed by atoms with Crippen molar-refractivity contribution in [2.75, 3.05) is 32.6 Å². The monoisotopic (exact) mass is 308 g/mol. The second-order valence-electron chi connectivity index (χ2n) is 5.40. The molecule has 1 rings (SSSR count). The molecule has 1 saturated heterocycles. The van der Waals surface area contributed by atoms with Gasteiger partial charge < -0.3 is 15.5 Å². The molecule has 1 aliphatic heterocycles. The number of hydrogen-bond acceptors (Lipinski definition) is 5. The number of carbonyl (C=O) groups is 1. The summed E-state index contributed by atoms with van der Waals surface area (Å²) in [4.78, 5) is 12.2. The molecule has 0 aromatic carbocycles. The van der Waals surface area contributed by atoms with Crippen LogP contribution < -0.4 is 5.32 Å². The average molecular weight is 308 g/mol. The maximum atomic E-state index is 12.2. The van der Waals surface area contributed by atoms with Crippen LogP contribution in [0.1, 0.15) is 26.2 Å². The Morgan fingerprint density at radius 1 is 1.40 bits per heavy atom. The van der Waals surface area contributed by atoms with E-state index in [1.165, 1.54) is 4.31 Å². The minimum Gasteiger partial charge on any atom is -0.394 e. The van der Waals surface area contributed by atoms with Crippen molar-refractivity contribution in [2.45, 2.75) is 31.7 Å². The Morgan fingerprint density at radius 3 is 2.45 bits per heavy atom. The Morgan fingerprint density at radius 2 is 2.00 bits per heavy atom. The van der Waals surface area contributed by atoms with Crippen LogP contribution in [-0.4, -0.2) is 66.9 Å². The van der Waals surface area contributed by atoms with Crippen molar-refractivity contribution >= 4 is 15.9 Å². The minimum absolute atomic E-state index is 0.154. The Balaban J connectivity index is 2.72. The number of nitrogens with one attached hydrogen (secondary N) is 1. The highest BCUT2D eigenvalue weighted by atomic mass is 32.2. The van der Waals surface area contributed by atoms with Gasteiger partial charge in [-0.15, -0.1) is 0 Å². The van der Waals surface area contributed by atoms with Crippen LogP contribution in [0.15, 0.2) is 0 Å². The molecule has 0 aromatic heterocycles. The van der Waals surface area contributed by atoms with Gasteiger partial charge in [0.1, 0.15) is 0 Å². The maximum Gasteiger partial charge on any atom is 0.225 e. The van der Waals surface area contributed by atoms with Crippen LogP contribution in [0.25, 0.3) is 0 Å². The van der Waals surface area contributed by atoms with Crippen LogP contribution in [0.2, 0.25) is 0 Å². The number of piperidine rings is 1. The molecule has 1 unspecified atom stereocenters. The van der Waals surface area contributed by atoms with Gasteiger partial charge in [0.25, 0.3) is 0 Å². The lowest BCUT2D eigenvalue weighted by molar-refractivity contribution is -0.129. The average Bonchev–Trinajstić information content (AvgIpc) is 2.44. The number of nitrogens with zero attached hydrogens (tertiary/aromatic N) is 1. The third-order valence-electron chi connectivity index (χ3n) is 3.89. The van der Waals surface area contributed by atoms with E-state index in [9.17, 15) is 23.4 Å². The quantitative estimate of drug-likeness (QED) is 0.578. The zero-order chi connectivity index (χ0) is 15.4. The van der Waals surface area contributed by atoms with E-state index in [2.05, 4.69) is 5.32 Å². The summed E-state index contributed by atoms with van der Waals surface area (Å²) in [5.74, 6) is -0.759. The third kappa shape index (κ3) is 4.15. The highest BCUT2D eigenvalue weighted by molar-refractivity contribution is 7.88. The van der Waals surface area contributed by atoms with E-state index in [1.807, 2.05) is 0 Å². The summed E-state index contributed by atoms with van der Waals surface area (Å²) >= 11 is 0. The molecule has 0 saturated carbocycles. The molecule has 8 heteroatoms. The number of amides is 1. The maximum absolute atomic E-state index is 12.2. The molecule has 118 valence electrons. The lowest BCUT2D eigenvalue weighted by Crippen LogP contribution is -2.57. The van der Waals surface area contributed by atoms with Crippen LogP contribution in [-0.2, 0) is 14.8 Å². The molecule has 1 amide bonds. The van der Waals surface area contributed by atoms with Crippen molar-refractivity contribution in [1.82, 2.24) is 9.62 Å². The summed E-state index contributed by atoms with van der Waals surface area (Å²) in [5.41, 5.74) is -1.04. The molecular weight excluding hydrogens is 284 g/mol. The molecule has 0 bridgehead atoms. The molecular formula is C12H24N2O5S. The lowest BCUT2D eigenvalue weighted by Gasteiger charge is -2.35. The first kappa shape index (κ1) is 17.4. The zero-order valence-electron chi connectivity index (χ0n) is 12.0. The second-order valence-corrected chi connectivity index (χ2v) is 7.38. The minimum atomic E-state index is -3.30. The van der Waals surface area contributed by atoms with E-state index in [-0.39, 0.29) is 25.7 Å². The molecule has 1 heterocycles. The van der Waals surface area contributed by atoms with Crippen LogP contribution in [0, 0.1) is 5.92 Å². The van der Waals surface area contributed by atoms with E-state index < -0.39 is 21.5 Å². The lowest BCUT2D eigenvalue weighted by atomic mass is 9.94. The van der Waals surface area contributed by atoms with Crippen molar-refractivity contribution in [3.63, 3.8) is 0 Å². The first-order chi connectivity index (χ1) is 9.28. The van der Waals surface area contributed by atoms with Crippen molar-refractivity contribution < 1.29 is 23.4 Å². The molecule has 1 aliphatic rings. The SMILES string of the molecule is CCC(CO)(CO)NC(=O)C1CCCN(S(C)(=O)=O)C1. The fourth-order valence-electron chi connectivity index (χ4n) is 2.26. The van der Waals surface area contributed by atoms with E-state index in [0.717, 1.165) is 6.26 Å². The Hall–Kier alpha value is -0.700. The van der Waals surface area contributed by atoms with Gasteiger partial charge in [0, 0.05) is 13.1 Å². The molecule has 0 spiro atoms. The Labute approximate surface area is 120 Å². The van der Waals surface area contributed by atoms with E-state index in [1.54, 1.807) is 6.92 Å². The largest absolute Gasteiger partial charge is 0.394 e. The van der Waals surface area contributed by atoms with Gasteiger partial charge in [-0.1, -0.05) is 6.92 Å². The van der Waals surface area contributed by atoms with Gasteiger partial charge in [0.2, 0.25) is 15.9 Å². The van der Waals surface area contributed by atoms with Gasteiger partial charge in [-0.2, -0.15) is 0 Å². The third-order valence-corrected chi connectivity index (χ3v) is 5.16. The molecule has 0 radical (unpaired) electrons. The fourth-order valence-corrected chi connectivity index (χ4v) is 3.17. The molecule has 0 aromatic rings. The van der Waals surface area contributed by atoms with Crippen molar-refractivity contribution in [1.29, 1.82) is 0 Å². The highest BCUT2D eigenvalue weighted by Crippen LogP contribution is 2.20. The van der Waals surface area contributed by atoms with E-state index in [4.69, 9.17) is 0 Å². The summed E-state index contributed by atoms with van der Waals surface area (Å²) in [7, 11) is -3.30. The Kier molecular flexibility index (Phi) is 5.93. The number of aliphatic hydroxyl groups excluding tert-OH is 2. The first-order valence-corrected chi connectivity index (χ1v) is 8.61. The number of hydrogen-bond donors (Lipinski definition) is 3. The summed E-state index contributed by atoms with van der Waals surface area (Å²) in [5, 5.41) is 21.3. The smallest absolute Gasteiger partial charge is 0.225 e. The topological polar surface area (TPSA) is 107 Å². The second kappa shape index (κ2) is 6.84. The van der Waals surface area contributed by atoms with Gasteiger partial charge in [-0.3, -0.25) is 4.79 Å². The highest BCUT2D eigenvalue weighted by Gasteiger charge is 2.35. The predicted molar refractivity (Wildman–Crippen MR) is 74.5 cm³/mol. The standard InChI is InChI=1S/C12H24N2O5S/c1-3-12(8-15,9-16)13-11(17)10-5-4-6-14(7-10)20(2,18)19/h10,15-16H,3-9H2,1-2H3,(H,13,17). The summed E-state index contributed by atoms with van der Waals surface area (Å²) in [6.07, 6.45) is 2.76. The van der Waals surface area contributed by atoms with Gasteiger partial charge in [-0.05, 0) is 19.3 Å². The predicted octanol–water partition coefficient (Wildman–Crippen LogP) is -1.09. The Bertz CT molecular complexity index is 425. The molecule has 3 N–H and O–H groups in total. The molecule has 1 atom stereocenters. The van der Waals surface area contributed by atoms with Gasteiger partial charge in [0.05, 0.1) is 30.9 Å². The van der Waals surface area contributed by atoms with Gasteiger partial charge in [0.15, 0.2) is 0 Å². The van der Waals surface area contributed by atoms with Crippen LogP contribution >= 0.6 is 0 Å². The van der Waals surface area contributed by atoms with Crippen LogP contribution in [0.4, 0.5) is 0 Å². The summed E-state index contributed by atoms with van der Waals surface area (Å²) < 4.78 is 24.3. The van der Waals surface area contributed by atoms with E-state index >= 15 is 0 Å². The summed E-state index contributed by atoms with van der Waals surface area (Å²) in [6, 6.07) is 0. The summed E-state index contributed by atoms with van der Waals surface area (Å²) in [6.45, 7) is 1.64. The molecule has 7 nitrogen and oxygen atoms in total.